The minimum atomic E-state index is -0.153. The number of hydrogen-bond acceptors (Lipinski definition) is 7. The van der Waals surface area contributed by atoms with Gasteiger partial charge in [-0.1, -0.05) is 23.9 Å². The fourth-order valence-electron chi connectivity index (χ4n) is 3.70. The molecule has 0 amide bonds. The van der Waals surface area contributed by atoms with Crippen molar-refractivity contribution < 1.29 is 14.2 Å². The monoisotopic (exact) mass is 474 g/mol. The highest BCUT2D eigenvalue weighted by Crippen LogP contribution is 2.24. The molecule has 0 aliphatic carbocycles. The third-order valence-electron chi connectivity index (χ3n) is 5.37. The van der Waals surface area contributed by atoms with Crippen molar-refractivity contribution in [2.45, 2.75) is 5.16 Å². The van der Waals surface area contributed by atoms with Crippen LogP contribution in [0.15, 0.2) is 82.7 Å². The molecule has 0 N–H and O–H groups in total. The Morgan fingerprint density at radius 2 is 1.47 bits per heavy atom. The summed E-state index contributed by atoms with van der Waals surface area (Å²) in [5.74, 6) is 3.37. The van der Waals surface area contributed by atoms with Crippen molar-refractivity contribution in [2.75, 3.05) is 26.6 Å². The lowest BCUT2D eigenvalue weighted by molar-refractivity contribution is 0.342. The van der Waals surface area contributed by atoms with Crippen molar-refractivity contribution in [3.05, 3.63) is 83.2 Å². The van der Waals surface area contributed by atoms with Crippen LogP contribution in [0, 0.1) is 0 Å². The number of methoxy groups -OCH3 is 2. The molecule has 172 valence electrons. The predicted molar refractivity (Wildman–Crippen MR) is 132 cm³/mol. The smallest absolute Gasteiger partial charge is 0.267 e. The van der Waals surface area contributed by atoms with Crippen molar-refractivity contribution in [1.29, 1.82) is 0 Å². The van der Waals surface area contributed by atoms with Crippen LogP contribution in [0.1, 0.15) is 0 Å². The molecule has 0 fully saturated rings. The molecule has 0 spiro atoms. The molecule has 0 bridgehead atoms. The minimum absolute atomic E-state index is 0.153. The van der Waals surface area contributed by atoms with Gasteiger partial charge in [-0.25, -0.2) is 4.57 Å². The summed E-state index contributed by atoms with van der Waals surface area (Å²) in [5.41, 5.74) is 1.30. The number of nitrogens with zero attached hydrogens (tertiary/aromatic N) is 4. The third-order valence-corrected chi connectivity index (χ3v) is 6.26. The van der Waals surface area contributed by atoms with E-state index in [9.17, 15) is 4.79 Å². The van der Waals surface area contributed by atoms with Gasteiger partial charge in [0.25, 0.3) is 5.56 Å². The zero-order valence-corrected chi connectivity index (χ0v) is 19.5. The van der Waals surface area contributed by atoms with E-state index in [1.54, 1.807) is 18.8 Å². The lowest BCUT2D eigenvalue weighted by Crippen LogP contribution is -2.21. The molecule has 2 aromatic heterocycles. The number of thioether (sulfide) groups is 1. The Morgan fingerprint density at radius 1 is 0.824 bits per heavy atom. The van der Waals surface area contributed by atoms with Crippen molar-refractivity contribution in [3.8, 4) is 22.9 Å². The first-order valence-electron chi connectivity index (χ1n) is 10.6. The zero-order chi connectivity index (χ0) is 23.5. The molecule has 0 saturated carbocycles. The van der Waals surface area contributed by atoms with Gasteiger partial charge in [0.1, 0.15) is 17.2 Å². The number of benzene rings is 3. The Labute approximate surface area is 199 Å². The van der Waals surface area contributed by atoms with Gasteiger partial charge in [0.15, 0.2) is 5.16 Å². The summed E-state index contributed by atoms with van der Waals surface area (Å²) >= 11 is 1.52. The molecule has 5 aromatic rings. The second-order valence-corrected chi connectivity index (χ2v) is 8.41. The van der Waals surface area contributed by atoms with E-state index >= 15 is 0 Å². The van der Waals surface area contributed by atoms with Gasteiger partial charge in [0, 0.05) is 5.75 Å². The molecule has 0 radical (unpaired) electrons. The number of hydrogen-bond donors (Lipinski definition) is 0. The summed E-state index contributed by atoms with van der Waals surface area (Å²) in [6.07, 6.45) is 0. The maximum atomic E-state index is 13.4. The molecule has 0 atom stereocenters. The van der Waals surface area contributed by atoms with Crippen LogP contribution < -0.4 is 19.8 Å². The Balaban J connectivity index is 1.47. The molecule has 34 heavy (non-hydrogen) atoms. The summed E-state index contributed by atoms with van der Waals surface area (Å²) in [5, 5.41) is 10.0. The summed E-state index contributed by atoms with van der Waals surface area (Å²) in [6, 6.07) is 22.2. The molecule has 5 rings (SSSR count). The molecule has 0 aliphatic heterocycles. The quantitative estimate of drug-likeness (QED) is 0.246. The number of para-hydroxylation sites is 1. The van der Waals surface area contributed by atoms with Crippen molar-refractivity contribution in [3.63, 3.8) is 0 Å². The van der Waals surface area contributed by atoms with Crippen LogP contribution in [0.5, 0.6) is 17.2 Å². The van der Waals surface area contributed by atoms with Crippen LogP contribution in [0.2, 0.25) is 0 Å². The largest absolute Gasteiger partial charge is 0.497 e. The first-order valence-corrected chi connectivity index (χ1v) is 11.6. The lowest BCUT2D eigenvalue weighted by Gasteiger charge is -2.12. The van der Waals surface area contributed by atoms with E-state index in [0.29, 0.717) is 40.1 Å². The average Bonchev–Trinajstić information content (AvgIpc) is 3.31. The van der Waals surface area contributed by atoms with E-state index in [2.05, 4.69) is 10.2 Å². The summed E-state index contributed by atoms with van der Waals surface area (Å²) in [4.78, 5) is 13.4. The third kappa shape index (κ3) is 4.06. The maximum Gasteiger partial charge on any atom is 0.267 e. The average molecular weight is 475 g/mol. The zero-order valence-electron chi connectivity index (χ0n) is 18.7. The molecule has 3 aromatic carbocycles. The van der Waals surface area contributed by atoms with Gasteiger partial charge in [-0.05, 0) is 60.7 Å². The molecule has 9 heteroatoms. The van der Waals surface area contributed by atoms with Gasteiger partial charge in [-0.15, -0.1) is 10.2 Å². The topological polar surface area (TPSA) is 79.9 Å². The van der Waals surface area contributed by atoms with E-state index < -0.39 is 0 Å². The SMILES string of the molecule is COc1ccc(OCCSc2nnc3n(-c4ccc(OC)cc4)c(=O)c4ccccc4n23)cc1. The van der Waals surface area contributed by atoms with Gasteiger partial charge in [-0.3, -0.25) is 9.20 Å². The van der Waals surface area contributed by atoms with Crippen molar-refractivity contribution in [1.82, 2.24) is 19.2 Å². The standard InChI is InChI=1S/C25H22N4O4S/c1-31-18-9-7-17(8-10-18)28-23(30)21-5-3-4-6-22(21)29-24(28)26-27-25(29)34-16-15-33-20-13-11-19(32-2)12-14-20/h3-14H,15-16H2,1-2H3. The van der Waals surface area contributed by atoms with Gasteiger partial charge in [-0.2, -0.15) is 0 Å². The highest BCUT2D eigenvalue weighted by molar-refractivity contribution is 7.99. The van der Waals surface area contributed by atoms with Gasteiger partial charge in [0.05, 0.1) is 37.4 Å². The summed E-state index contributed by atoms with van der Waals surface area (Å²) in [6.45, 7) is 0.488. The van der Waals surface area contributed by atoms with Crippen LogP contribution in [0.3, 0.4) is 0 Å². The van der Waals surface area contributed by atoms with Crippen molar-refractivity contribution in [2.24, 2.45) is 0 Å². The Kier molecular flexibility index (Phi) is 6.09. The van der Waals surface area contributed by atoms with Crippen LogP contribution in [-0.4, -0.2) is 45.7 Å². The van der Waals surface area contributed by atoms with Gasteiger partial charge >= 0.3 is 0 Å². The van der Waals surface area contributed by atoms with Gasteiger partial charge in [0.2, 0.25) is 5.78 Å². The Bertz CT molecular complexity index is 1490. The van der Waals surface area contributed by atoms with Gasteiger partial charge < -0.3 is 14.2 Å². The molecular formula is C25H22N4O4S. The Hall–Kier alpha value is -3.98. The molecule has 0 saturated heterocycles. The van der Waals surface area contributed by atoms with Crippen molar-refractivity contribution >= 4 is 28.4 Å². The lowest BCUT2D eigenvalue weighted by atomic mass is 10.2. The van der Waals surface area contributed by atoms with Crippen LogP contribution in [0.4, 0.5) is 0 Å². The van der Waals surface area contributed by atoms with E-state index in [1.165, 1.54) is 11.8 Å². The fraction of sp³-hybridized carbons (Fsp3) is 0.160. The second kappa shape index (κ2) is 9.48. The van der Waals surface area contributed by atoms with Crippen LogP contribution in [-0.2, 0) is 0 Å². The predicted octanol–water partition coefficient (Wildman–Crippen LogP) is 4.22. The normalized spacial score (nSPS) is 11.1. The molecule has 0 unspecified atom stereocenters. The van der Waals surface area contributed by atoms with E-state index in [-0.39, 0.29) is 5.56 Å². The molecule has 8 nitrogen and oxygen atoms in total. The molecular weight excluding hydrogens is 452 g/mol. The Morgan fingerprint density at radius 3 is 2.18 bits per heavy atom. The molecule has 2 heterocycles. The molecule has 0 aliphatic rings. The first-order chi connectivity index (χ1) is 16.7. The number of rotatable bonds is 8. The maximum absolute atomic E-state index is 13.4. The number of fused-ring (bicyclic) bond motifs is 3. The van der Waals surface area contributed by atoms with E-state index in [0.717, 1.165) is 17.0 Å². The minimum Gasteiger partial charge on any atom is -0.497 e. The summed E-state index contributed by atoms with van der Waals surface area (Å²) < 4.78 is 19.8. The number of ether oxygens (including phenoxy) is 3. The highest BCUT2D eigenvalue weighted by Gasteiger charge is 2.18. The van der Waals surface area contributed by atoms with E-state index in [4.69, 9.17) is 14.2 Å². The van der Waals surface area contributed by atoms with Crippen LogP contribution >= 0.6 is 11.8 Å². The summed E-state index contributed by atoms with van der Waals surface area (Å²) in [7, 11) is 3.24. The number of aromatic nitrogens is 4. The fourth-order valence-corrected chi connectivity index (χ4v) is 4.46. The van der Waals surface area contributed by atoms with Crippen LogP contribution in [0.25, 0.3) is 22.4 Å². The highest BCUT2D eigenvalue weighted by atomic mass is 32.2. The first kappa shape index (κ1) is 21.8. The van der Waals surface area contributed by atoms with E-state index in [1.807, 2.05) is 77.2 Å². The second-order valence-electron chi connectivity index (χ2n) is 7.35.